The average Bonchev–Trinajstić information content (AvgIpc) is 3.15. The fourth-order valence-electron chi connectivity index (χ4n) is 3.59. The number of hydrogen-bond donors (Lipinski definition) is 0. The maximum absolute atomic E-state index is 13.1. The maximum atomic E-state index is 13.1. The van der Waals surface area contributed by atoms with Crippen LogP contribution in [0.25, 0.3) is 0 Å². The van der Waals surface area contributed by atoms with E-state index < -0.39 is 14.4 Å². The van der Waals surface area contributed by atoms with Crippen molar-refractivity contribution in [1.82, 2.24) is 0 Å². The lowest BCUT2D eigenvalue weighted by Crippen LogP contribution is -2.52. The molecule has 0 fully saturated rings. The van der Waals surface area contributed by atoms with Crippen molar-refractivity contribution in [3.05, 3.63) is 49.1 Å². The van der Waals surface area contributed by atoms with Crippen molar-refractivity contribution < 1.29 is 28.2 Å². The molecular weight excluding hydrogens is 450 g/mol. The van der Waals surface area contributed by atoms with Gasteiger partial charge in [0, 0.05) is 7.11 Å². The van der Waals surface area contributed by atoms with Crippen LogP contribution in [0.4, 0.5) is 10.5 Å². The Morgan fingerprint density at radius 2 is 1.97 bits per heavy atom. The second-order valence-electron chi connectivity index (χ2n) is 9.90. The third-order valence-electron chi connectivity index (χ3n) is 6.41. The molecule has 8 heteroatoms. The van der Waals surface area contributed by atoms with Crippen molar-refractivity contribution in [2.24, 2.45) is 0 Å². The van der Waals surface area contributed by atoms with Crippen LogP contribution in [0.5, 0.6) is 5.75 Å². The van der Waals surface area contributed by atoms with Crippen LogP contribution in [-0.4, -0.2) is 60.3 Å². The molecule has 34 heavy (non-hydrogen) atoms. The Bertz CT molecular complexity index is 835. The second-order valence-corrected chi connectivity index (χ2v) is 14.7. The first-order chi connectivity index (χ1) is 16.1. The van der Waals surface area contributed by atoms with Gasteiger partial charge in [0.25, 0.3) is 0 Å². The molecule has 2 atom stereocenters. The summed E-state index contributed by atoms with van der Waals surface area (Å²) in [5, 5.41) is 0.0376. The van der Waals surface area contributed by atoms with Crippen LogP contribution in [0.15, 0.2) is 43.5 Å². The van der Waals surface area contributed by atoms with E-state index in [1.807, 2.05) is 24.3 Å². The van der Waals surface area contributed by atoms with E-state index >= 15 is 0 Å². The summed E-state index contributed by atoms with van der Waals surface area (Å²) in [4.78, 5) is 14.8. The summed E-state index contributed by atoms with van der Waals surface area (Å²) < 4.78 is 28.4. The Kier molecular flexibility index (Phi) is 10.4. The molecule has 0 spiro atoms. The fourth-order valence-corrected chi connectivity index (χ4v) is 4.95. The lowest BCUT2D eigenvalue weighted by molar-refractivity contribution is -0.00849. The summed E-state index contributed by atoms with van der Waals surface area (Å²) in [7, 11) is -0.473. The maximum Gasteiger partial charge on any atom is 0.414 e. The lowest BCUT2D eigenvalue weighted by atomic mass is 10.0. The first kappa shape index (κ1) is 28.1. The van der Waals surface area contributed by atoms with Crippen LogP contribution >= 0.6 is 0 Å². The Morgan fingerprint density at radius 1 is 1.24 bits per heavy atom. The zero-order chi connectivity index (χ0) is 25.4. The van der Waals surface area contributed by atoms with E-state index in [4.69, 9.17) is 23.4 Å². The molecular formula is C26H41NO6Si. The molecule has 0 aromatic heterocycles. The van der Waals surface area contributed by atoms with Gasteiger partial charge in [-0.05, 0) is 54.7 Å². The predicted molar refractivity (Wildman–Crippen MR) is 138 cm³/mol. The summed E-state index contributed by atoms with van der Waals surface area (Å²) >= 11 is 0. The first-order valence-corrected chi connectivity index (χ1v) is 14.6. The van der Waals surface area contributed by atoms with E-state index in [-0.39, 0.29) is 30.6 Å². The van der Waals surface area contributed by atoms with Gasteiger partial charge in [0.1, 0.15) is 12.4 Å². The Hall–Kier alpha value is -2.13. The summed E-state index contributed by atoms with van der Waals surface area (Å²) in [6.07, 6.45) is 4.08. The molecule has 1 amide bonds. The molecule has 1 aromatic carbocycles. The highest BCUT2D eigenvalue weighted by atomic mass is 28.4. The van der Waals surface area contributed by atoms with Gasteiger partial charge in [-0.3, -0.25) is 4.90 Å². The molecule has 0 bridgehead atoms. The van der Waals surface area contributed by atoms with Crippen LogP contribution in [0.1, 0.15) is 32.8 Å². The van der Waals surface area contributed by atoms with Crippen molar-refractivity contribution in [3.63, 3.8) is 0 Å². The minimum atomic E-state index is -2.10. The van der Waals surface area contributed by atoms with E-state index in [0.29, 0.717) is 31.8 Å². The third-order valence-corrected chi connectivity index (χ3v) is 10.9. The minimum absolute atomic E-state index is 0.0376. The van der Waals surface area contributed by atoms with Gasteiger partial charge in [-0.2, -0.15) is 0 Å². The van der Waals surface area contributed by atoms with Gasteiger partial charge in [-0.1, -0.05) is 39.5 Å². The summed E-state index contributed by atoms with van der Waals surface area (Å²) in [6.45, 7) is 19.9. The molecule has 1 aromatic rings. The van der Waals surface area contributed by atoms with Gasteiger partial charge in [-0.15, -0.1) is 6.58 Å². The van der Waals surface area contributed by atoms with Crippen molar-refractivity contribution in [2.75, 3.05) is 38.6 Å². The number of rotatable bonds is 13. The van der Waals surface area contributed by atoms with Crippen LogP contribution in [-0.2, 0) is 25.1 Å². The van der Waals surface area contributed by atoms with E-state index in [0.717, 1.165) is 11.3 Å². The van der Waals surface area contributed by atoms with Gasteiger partial charge in [0.2, 0.25) is 0 Å². The molecule has 0 aliphatic carbocycles. The molecule has 0 N–H and O–H groups in total. The van der Waals surface area contributed by atoms with E-state index in [9.17, 15) is 4.79 Å². The number of methoxy groups -OCH3 is 1. The highest BCUT2D eigenvalue weighted by Gasteiger charge is 2.45. The van der Waals surface area contributed by atoms with Crippen LogP contribution < -0.4 is 9.64 Å². The topological polar surface area (TPSA) is 66.5 Å². The Labute approximate surface area is 205 Å². The first-order valence-electron chi connectivity index (χ1n) is 11.7. The molecule has 1 heterocycles. The number of carbonyl (C=O) groups excluding carboxylic acids is 1. The fraction of sp³-hybridized carbons (Fsp3) is 0.577. The Morgan fingerprint density at radius 3 is 2.59 bits per heavy atom. The van der Waals surface area contributed by atoms with Crippen LogP contribution in [0, 0.1) is 0 Å². The number of ether oxygens (including phenoxy) is 4. The zero-order valence-corrected chi connectivity index (χ0v) is 22.6. The number of carbonyl (C=O) groups is 1. The monoisotopic (exact) mass is 491 g/mol. The second kappa shape index (κ2) is 12.5. The molecule has 0 radical (unpaired) electrons. The number of benzene rings is 1. The molecule has 1 aliphatic rings. The predicted octanol–water partition coefficient (Wildman–Crippen LogP) is 5.71. The van der Waals surface area contributed by atoms with Crippen LogP contribution in [0.3, 0.4) is 0 Å². The van der Waals surface area contributed by atoms with Crippen LogP contribution in [0.2, 0.25) is 18.1 Å². The molecule has 1 aliphatic heterocycles. The number of nitrogens with zero attached hydrogens (tertiary/aromatic N) is 1. The van der Waals surface area contributed by atoms with Gasteiger partial charge < -0.3 is 23.4 Å². The molecule has 2 rings (SSSR count). The lowest BCUT2D eigenvalue weighted by Gasteiger charge is -2.42. The highest BCUT2D eigenvalue weighted by molar-refractivity contribution is 6.74. The summed E-state index contributed by atoms with van der Waals surface area (Å²) in [5.74, 6) is 0.682. The van der Waals surface area contributed by atoms with Gasteiger partial charge in [0.05, 0.1) is 31.0 Å². The number of fused-ring (bicyclic) bond motifs is 1. The van der Waals surface area contributed by atoms with Gasteiger partial charge in [-0.25, -0.2) is 4.79 Å². The summed E-state index contributed by atoms with van der Waals surface area (Å²) in [6, 6.07) is 5.48. The number of anilines is 1. The van der Waals surface area contributed by atoms with Gasteiger partial charge >= 0.3 is 6.09 Å². The van der Waals surface area contributed by atoms with Gasteiger partial charge in [0.15, 0.2) is 15.1 Å². The zero-order valence-electron chi connectivity index (χ0n) is 21.6. The Balaban J connectivity index is 2.31. The summed E-state index contributed by atoms with van der Waals surface area (Å²) in [5.41, 5.74) is 1.81. The van der Waals surface area contributed by atoms with Crippen molar-refractivity contribution in [3.8, 4) is 5.75 Å². The quantitative estimate of drug-likeness (QED) is 0.152. The molecule has 0 unspecified atom stereocenters. The molecule has 0 saturated carbocycles. The molecule has 0 saturated heterocycles. The molecule has 7 nitrogen and oxygen atoms in total. The normalized spacial score (nSPS) is 16.6. The van der Waals surface area contributed by atoms with Crippen molar-refractivity contribution in [2.45, 2.75) is 63.9 Å². The smallest absolute Gasteiger partial charge is 0.414 e. The van der Waals surface area contributed by atoms with E-state index in [1.54, 1.807) is 18.1 Å². The van der Waals surface area contributed by atoms with Crippen molar-refractivity contribution >= 4 is 20.1 Å². The standard InChI is InChI=1S/C26H41NO6Si/c1-9-11-24(33-34(7,8)26(3,4)5)23-18-20-17-21(32-19-30-16-15-29-6)12-13-22(20)27(23)25(28)31-14-10-2/h9-10,12-13,17,23-24H,1-2,11,14-16,18-19H2,3-8H3/t23-,24-/m0/s1. The largest absolute Gasteiger partial charge is 0.468 e. The minimum Gasteiger partial charge on any atom is -0.468 e. The number of amides is 1. The number of hydrogen-bond acceptors (Lipinski definition) is 6. The molecule has 190 valence electrons. The average molecular weight is 492 g/mol. The third kappa shape index (κ3) is 7.18. The SMILES string of the molecule is C=CCOC(=O)N1c2ccc(OCOCCOC)cc2C[C@H]1[C@H](CC=C)O[Si](C)(C)C(C)(C)C. The van der Waals surface area contributed by atoms with E-state index in [1.165, 1.54) is 0 Å². The van der Waals surface area contributed by atoms with E-state index in [2.05, 4.69) is 47.0 Å². The highest BCUT2D eigenvalue weighted by Crippen LogP contribution is 2.42. The van der Waals surface area contributed by atoms with Crippen molar-refractivity contribution in [1.29, 1.82) is 0 Å².